The van der Waals surface area contributed by atoms with Gasteiger partial charge >= 0.3 is 12.4 Å². The van der Waals surface area contributed by atoms with Crippen molar-refractivity contribution in [3.05, 3.63) is 223 Å². The first-order valence-corrected chi connectivity index (χ1v) is 21.1. The van der Waals surface area contributed by atoms with Crippen molar-refractivity contribution in [3.8, 4) is 23.0 Å². The van der Waals surface area contributed by atoms with Gasteiger partial charge in [-0.05, 0) is 168 Å². The van der Waals surface area contributed by atoms with E-state index in [-0.39, 0.29) is 0 Å². The fourth-order valence-electron chi connectivity index (χ4n) is 7.37. The van der Waals surface area contributed by atoms with E-state index in [4.69, 9.17) is 9.47 Å². The minimum Gasteiger partial charge on any atom is -0.457 e. The lowest BCUT2D eigenvalue weighted by Gasteiger charge is -2.38. The third kappa shape index (κ3) is 12.0. The highest BCUT2D eigenvalue weighted by Gasteiger charge is 2.72. The molecule has 7 rings (SSSR count). The van der Waals surface area contributed by atoms with Crippen molar-refractivity contribution in [2.45, 2.75) is 93.4 Å². The van der Waals surface area contributed by atoms with E-state index in [1.165, 1.54) is 79.9 Å². The van der Waals surface area contributed by atoms with Crippen LogP contribution in [0.15, 0.2) is 146 Å². The fourth-order valence-corrected chi connectivity index (χ4v) is 7.37. The summed E-state index contributed by atoms with van der Waals surface area (Å²) < 4.78 is 94.0. The summed E-state index contributed by atoms with van der Waals surface area (Å²) in [6.45, 7) is 20.5. The lowest BCUT2D eigenvalue weighted by molar-refractivity contribution is -0.288. The molecule has 0 heterocycles. The fraction of sp³-hybridized carbons (Fsp3) is 0.250. The zero-order valence-electron chi connectivity index (χ0n) is 38.1. The van der Waals surface area contributed by atoms with E-state index in [2.05, 4.69) is 79.7 Å². The van der Waals surface area contributed by atoms with Crippen LogP contribution in [0.1, 0.15) is 77.9 Å². The van der Waals surface area contributed by atoms with E-state index in [1.807, 2.05) is 72.8 Å². The molecule has 64 heavy (non-hydrogen) atoms. The van der Waals surface area contributed by atoms with Crippen LogP contribution in [0.2, 0.25) is 0 Å². The lowest BCUT2D eigenvalue weighted by Crippen LogP contribution is -2.54. The first-order valence-electron chi connectivity index (χ1n) is 21.1. The molecule has 0 aliphatic rings. The second-order valence-electron chi connectivity index (χ2n) is 16.7. The molecule has 0 bridgehead atoms. The van der Waals surface area contributed by atoms with Crippen LogP contribution in [0.3, 0.4) is 0 Å². The van der Waals surface area contributed by atoms with Gasteiger partial charge in [0.05, 0.1) is 0 Å². The largest absolute Gasteiger partial charge is 0.457 e. The number of halogens is 6. The van der Waals surface area contributed by atoms with Gasteiger partial charge < -0.3 is 9.47 Å². The molecule has 0 spiro atoms. The maximum absolute atomic E-state index is 13.7. The summed E-state index contributed by atoms with van der Waals surface area (Å²) in [5.74, 6) is 3.15. The van der Waals surface area contributed by atoms with E-state index < -0.39 is 28.9 Å². The second-order valence-corrected chi connectivity index (χ2v) is 16.7. The molecule has 0 atom stereocenters. The maximum Gasteiger partial charge on any atom is 0.411 e. The van der Waals surface area contributed by atoms with Crippen molar-refractivity contribution in [2.24, 2.45) is 0 Å². The van der Waals surface area contributed by atoms with Crippen molar-refractivity contribution < 1.29 is 35.8 Å². The summed E-state index contributed by atoms with van der Waals surface area (Å²) in [6, 6.07) is 41.4. The van der Waals surface area contributed by atoms with Crippen molar-refractivity contribution in [3.63, 3.8) is 0 Å². The van der Waals surface area contributed by atoms with Crippen molar-refractivity contribution >= 4 is 0 Å². The maximum atomic E-state index is 13.7. The molecule has 0 saturated carbocycles. The van der Waals surface area contributed by atoms with Gasteiger partial charge in [-0.2, -0.15) is 26.3 Å². The molecule has 7 aromatic rings. The van der Waals surface area contributed by atoms with E-state index in [9.17, 15) is 26.3 Å². The number of benzene rings is 7. The first-order chi connectivity index (χ1) is 30.1. The highest BCUT2D eigenvalue weighted by molar-refractivity contribution is 5.46. The summed E-state index contributed by atoms with van der Waals surface area (Å²) in [5.41, 5.74) is 9.11. The Hall–Kier alpha value is -6.28. The van der Waals surface area contributed by atoms with Gasteiger partial charge in [-0.25, -0.2) is 0 Å². The van der Waals surface area contributed by atoms with E-state index in [0.29, 0.717) is 11.1 Å². The predicted octanol–water partition coefficient (Wildman–Crippen LogP) is 16.7. The van der Waals surface area contributed by atoms with Crippen LogP contribution >= 0.6 is 0 Å². The Morgan fingerprint density at radius 2 is 0.625 bits per heavy atom. The molecule has 0 unspecified atom stereocenters. The normalized spacial score (nSPS) is 11.5. The smallest absolute Gasteiger partial charge is 0.411 e. The highest BCUT2D eigenvalue weighted by atomic mass is 19.4. The number of aryl methyl sites for hydroxylation is 8. The molecule has 0 amide bonds. The van der Waals surface area contributed by atoms with Crippen molar-refractivity contribution in [1.29, 1.82) is 0 Å². The van der Waals surface area contributed by atoms with Crippen LogP contribution < -0.4 is 9.47 Å². The van der Waals surface area contributed by atoms with Gasteiger partial charge in [0.25, 0.3) is 0 Å². The zero-order valence-corrected chi connectivity index (χ0v) is 38.1. The number of alkyl halides is 6. The third-order valence-electron chi connectivity index (χ3n) is 11.5. The number of rotatable bonds is 8. The summed E-state index contributed by atoms with van der Waals surface area (Å²) in [7, 11) is 0. The SMILES string of the molecule is Cc1cc(Cc2cc(C)c(C)c(C)c2)cc(C)c1C.Cc1ccc(C(c2ccc(C)cc2)(C(F)(F)F)C(F)(F)F)cc1.Cc1ccc(Oc2cccc(Oc3ccc(C)cc3)c2)cc1. The van der Waals surface area contributed by atoms with E-state index >= 15 is 0 Å². The van der Waals surface area contributed by atoms with Crippen LogP contribution in [-0.2, 0) is 11.8 Å². The van der Waals surface area contributed by atoms with Gasteiger partial charge in [-0.3, -0.25) is 0 Å². The average Bonchev–Trinajstić information content (AvgIpc) is 3.22. The van der Waals surface area contributed by atoms with Crippen molar-refractivity contribution in [2.75, 3.05) is 0 Å². The highest BCUT2D eigenvalue weighted by Crippen LogP contribution is 2.56. The first kappa shape index (κ1) is 48.7. The molecule has 0 aliphatic heterocycles. The molecule has 0 saturated heterocycles. The number of hydrogen-bond donors (Lipinski definition) is 0. The van der Waals surface area contributed by atoms with E-state index in [0.717, 1.165) is 53.7 Å². The molecular weight excluding hydrogens is 819 g/mol. The Morgan fingerprint density at radius 3 is 0.906 bits per heavy atom. The lowest BCUT2D eigenvalue weighted by atomic mass is 9.72. The molecule has 0 aliphatic carbocycles. The van der Waals surface area contributed by atoms with Gasteiger partial charge in [0.15, 0.2) is 0 Å². The Balaban J connectivity index is 0.000000181. The van der Waals surface area contributed by atoms with Crippen LogP contribution in [0.5, 0.6) is 23.0 Å². The molecule has 0 fully saturated rings. The van der Waals surface area contributed by atoms with Crippen LogP contribution in [0, 0.1) is 69.2 Å². The van der Waals surface area contributed by atoms with Gasteiger partial charge in [0.2, 0.25) is 5.41 Å². The Kier molecular flexibility index (Phi) is 15.6. The summed E-state index contributed by atoms with van der Waals surface area (Å²) in [4.78, 5) is 0. The second kappa shape index (κ2) is 20.5. The van der Waals surface area contributed by atoms with Crippen molar-refractivity contribution in [1.82, 2.24) is 0 Å². The van der Waals surface area contributed by atoms with Crippen LogP contribution in [0.25, 0.3) is 0 Å². The minimum atomic E-state index is -5.53. The number of hydrogen-bond acceptors (Lipinski definition) is 2. The molecule has 0 N–H and O–H groups in total. The van der Waals surface area contributed by atoms with Crippen LogP contribution in [0.4, 0.5) is 26.3 Å². The molecule has 8 heteroatoms. The molecule has 334 valence electrons. The molecule has 2 nitrogen and oxygen atoms in total. The molecule has 0 aromatic heterocycles. The Bertz CT molecular complexity index is 2400. The average molecular weight is 875 g/mol. The minimum absolute atomic E-state index is 0.580. The van der Waals surface area contributed by atoms with Gasteiger partial charge in [-0.15, -0.1) is 0 Å². The zero-order chi connectivity index (χ0) is 47.0. The monoisotopic (exact) mass is 874 g/mol. The quantitative estimate of drug-likeness (QED) is 0.142. The predicted molar refractivity (Wildman–Crippen MR) is 248 cm³/mol. The standard InChI is InChI=1S/C20H18O2.C19H24.C17H14F6/c1-15-6-10-17(11-7-15)21-19-4-3-5-20(14-19)22-18-12-8-16(2)9-13-18;1-12-7-18(8-13(2)16(12)5)11-19-9-14(3)17(6)15(4)10-19;1-11-3-7-13(8-4-11)15(16(18,19)20,17(21,22)23)14-9-5-12(2)6-10-14/h3-14H,1-2H3;7-10H,11H2,1-6H3;3-10H,1-2H3. The van der Waals surface area contributed by atoms with Crippen LogP contribution in [-0.4, -0.2) is 12.4 Å². The summed E-state index contributed by atoms with van der Waals surface area (Å²) in [6.07, 6.45) is -10.0. The third-order valence-corrected chi connectivity index (χ3v) is 11.5. The van der Waals surface area contributed by atoms with E-state index in [1.54, 1.807) is 13.8 Å². The van der Waals surface area contributed by atoms with Gasteiger partial charge in [0, 0.05) is 6.07 Å². The van der Waals surface area contributed by atoms with Gasteiger partial charge in [0.1, 0.15) is 23.0 Å². The Labute approximate surface area is 374 Å². The summed E-state index contributed by atoms with van der Waals surface area (Å²) in [5, 5.41) is 0. The molecule has 0 radical (unpaired) electrons. The Morgan fingerprint density at radius 1 is 0.344 bits per heavy atom. The number of ether oxygens (including phenoxy) is 2. The molecular formula is C56H56F6O2. The van der Waals surface area contributed by atoms with Gasteiger partial charge in [-0.1, -0.05) is 125 Å². The topological polar surface area (TPSA) is 18.5 Å². The summed E-state index contributed by atoms with van der Waals surface area (Å²) >= 11 is 0. The molecule has 7 aromatic carbocycles.